The zero-order chi connectivity index (χ0) is 27.0. The van der Waals surface area contributed by atoms with Crippen LogP contribution < -0.4 is 14.8 Å². The zero-order valence-electron chi connectivity index (χ0n) is 21.5. The topological polar surface area (TPSA) is 89.7 Å². The molecule has 1 saturated heterocycles. The van der Waals surface area contributed by atoms with Gasteiger partial charge in [0.2, 0.25) is 0 Å². The van der Waals surface area contributed by atoms with Gasteiger partial charge >= 0.3 is 0 Å². The number of hydrogen-bond donors (Lipinski definition) is 1. The standard InChI is InChI=1S/C28H27F2N7O2/c1-3-36-11-10-24(28(29,30)15-36)39-23-6-4-5-21-26(23)27(33-16-31-21)35-19-7-8-22(18(2)13-19)38-20-9-12-37-25(14-20)32-17-34-37/h4-9,12-14,16-17,24H,3,10-11,15H2,1-2H3,(H,31,33,35). The van der Waals surface area contributed by atoms with Crippen molar-refractivity contribution in [3.05, 3.63) is 72.9 Å². The number of likely N-dealkylation sites (tertiary alicyclic amines) is 1. The first-order chi connectivity index (χ1) is 18.9. The van der Waals surface area contributed by atoms with Crippen LogP contribution in [-0.4, -0.2) is 61.1 Å². The fraction of sp³-hybridized carbons (Fsp3) is 0.286. The van der Waals surface area contributed by atoms with Gasteiger partial charge in [0.25, 0.3) is 5.92 Å². The molecule has 3 aromatic heterocycles. The molecule has 0 aliphatic carbocycles. The van der Waals surface area contributed by atoms with Crippen LogP contribution in [0, 0.1) is 6.92 Å². The average molecular weight is 532 g/mol. The molecule has 0 radical (unpaired) electrons. The number of ether oxygens (including phenoxy) is 2. The molecule has 0 spiro atoms. The van der Waals surface area contributed by atoms with E-state index in [0.717, 1.165) is 11.3 Å². The highest BCUT2D eigenvalue weighted by Crippen LogP contribution is 2.37. The maximum Gasteiger partial charge on any atom is 0.296 e. The molecule has 1 aliphatic rings. The minimum atomic E-state index is -2.97. The van der Waals surface area contributed by atoms with Crippen LogP contribution in [0.4, 0.5) is 20.3 Å². The van der Waals surface area contributed by atoms with Crippen LogP contribution in [0.15, 0.2) is 67.4 Å². The van der Waals surface area contributed by atoms with Gasteiger partial charge in [-0.15, -0.1) is 0 Å². The Hall–Kier alpha value is -4.38. The third kappa shape index (κ3) is 5.05. The van der Waals surface area contributed by atoms with E-state index >= 15 is 0 Å². The van der Waals surface area contributed by atoms with E-state index in [9.17, 15) is 8.78 Å². The van der Waals surface area contributed by atoms with E-state index in [1.165, 1.54) is 12.7 Å². The first-order valence-corrected chi connectivity index (χ1v) is 12.7. The molecule has 0 saturated carbocycles. The summed E-state index contributed by atoms with van der Waals surface area (Å²) in [4.78, 5) is 14.7. The van der Waals surface area contributed by atoms with E-state index in [1.807, 2.05) is 44.2 Å². The SMILES string of the molecule is CCN1CCC(Oc2cccc3ncnc(Nc4ccc(Oc5ccn6ncnc6c5)c(C)c4)c23)C(F)(F)C1. The van der Waals surface area contributed by atoms with Crippen LogP contribution in [0.25, 0.3) is 16.6 Å². The summed E-state index contributed by atoms with van der Waals surface area (Å²) in [7, 11) is 0. The van der Waals surface area contributed by atoms with Gasteiger partial charge in [-0.05, 0) is 55.4 Å². The molecular weight excluding hydrogens is 504 g/mol. The fourth-order valence-electron chi connectivity index (χ4n) is 4.80. The monoisotopic (exact) mass is 531 g/mol. The molecule has 1 fully saturated rings. The molecule has 1 unspecified atom stereocenters. The van der Waals surface area contributed by atoms with E-state index in [-0.39, 0.29) is 13.0 Å². The Labute approximate surface area is 223 Å². The molecule has 11 heteroatoms. The summed E-state index contributed by atoms with van der Waals surface area (Å²) in [6.07, 6.45) is 3.71. The van der Waals surface area contributed by atoms with Crippen LogP contribution in [-0.2, 0) is 0 Å². The van der Waals surface area contributed by atoms with Crippen LogP contribution in [0.1, 0.15) is 18.9 Å². The molecule has 4 heterocycles. The van der Waals surface area contributed by atoms with Crippen molar-refractivity contribution in [2.45, 2.75) is 32.3 Å². The Balaban J connectivity index is 1.25. The van der Waals surface area contributed by atoms with Crippen molar-refractivity contribution < 1.29 is 18.3 Å². The van der Waals surface area contributed by atoms with Gasteiger partial charge in [-0.2, -0.15) is 5.10 Å². The number of anilines is 2. The molecule has 1 N–H and O–H groups in total. The molecule has 1 aliphatic heterocycles. The smallest absolute Gasteiger partial charge is 0.296 e. The highest BCUT2D eigenvalue weighted by Gasteiger charge is 2.46. The van der Waals surface area contributed by atoms with Crippen molar-refractivity contribution in [3.8, 4) is 17.2 Å². The second kappa shape index (κ2) is 10.1. The number of pyridine rings is 1. The van der Waals surface area contributed by atoms with E-state index < -0.39 is 12.0 Å². The van der Waals surface area contributed by atoms with Gasteiger partial charge in [0.15, 0.2) is 11.8 Å². The highest BCUT2D eigenvalue weighted by molar-refractivity contribution is 5.95. The minimum Gasteiger partial charge on any atom is -0.483 e. The lowest BCUT2D eigenvalue weighted by Crippen LogP contribution is -2.53. The number of fused-ring (bicyclic) bond motifs is 2. The van der Waals surface area contributed by atoms with Crippen molar-refractivity contribution in [2.75, 3.05) is 25.0 Å². The van der Waals surface area contributed by atoms with Gasteiger partial charge in [-0.3, -0.25) is 4.90 Å². The quantitative estimate of drug-likeness (QED) is 0.289. The predicted octanol–water partition coefficient (Wildman–Crippen LogP) is 5.63. The van der Waals surface area contributed by atoms with Crippen molar-refractivity contribution >= 4 is 28.1 Å². The lowest BCUT2D eigenvalue weighted by molar-refractivity contribution is -0.138. The van der Waals surface area contributed by atoms with Gasteiger partial charge in [-0.1, -0.05) is 13.0 Å². The van der Waals surface area contributed by atoms with E-state index in [4.69, 9.17) is 9.47 Å². The predicted molar refractivity (Wildman–Crippen MR) is 143 cm³/mol. The molecule has 5 aromatic rings. The Bertz CT molecular complexity index is 1640. The molecule has 0 bridgehead atoms. The summed E-state index contributed by atoms with van der Waals surface area (Å²) in [5.74, 6) is -0.849. The number of aromatic nitrogens is 5. The lowest BCUT2D eigenvalue weighted by atomic mass is 10.0. The fourth-order valence-corrected chi connectivity index (χ4v) is 4.80. The summed E-state index contributed by atoms with van der Waals surface area (Å²) >= 11 is 0. The summed E-state index contributed by atoms with van der Waals surface area (Å²) < 4.78 is 43.5. The largest absolute Gasteiger partial charge is 0.483 e. The molecule has 6 rings (SSSR count). The zero-order valence-corrected chi connectivity index (χ0v) is 21.5. The minimum absolute atomic E-state index is 0.234. The first kappa shape index (κ1) is 24.9. The summed E-state index contributed by atoms with van der Waals surface area (Å²) in [5.41, 5.74) is 2.92. The normalized spacial score (nSPS) is 17.4. The Morgan fingerprint density at radius 2 is 1.95 bits per heavy atom. The molecule has 2 aromatic carbocycles. The van der Waals surface area contributed by atoms with Crippen LogP contribution in [0.3, 0.4) is 0 Å². The Morgan fingerprint density at radius 1 is 1.05 bits per heavy atom. The molecular formula is C28H27F2N7O2. The van der Waals surface area contributed by atoms with Crippen molar-refractivity contribution in [2.24, 2.45) is 0 Å². The summed E-state index contributed by atoms with van der Waals surface area (Å²) in [6.45, 7) is 4.65. The molecule has 39 heavy (non-hydrogen) atoms. The van der Waals surface area contributed by atoms with Gasteiger partial charge in [0.1, 0.15) is 35.7 Å². The number of aryl methyl sites for hydroxylation is 1. The third-order valence-electron chi connectivity index (χ3n) is 6.87. The van der Waals surface area contributed by atoms with E-state index in [2.05, 4.69) is 25.4 Å². The molecule has 200 valence electrons. The third-order valence-corrected chi connectivity index (χ3v) is 6.87. The van der Waals surface area contributed by atoms with Gasteiger partial charge in [0.05, 0.1) is 17.4 Å². The lowest BCUT2D eigenvalue weighted by Gasteiger charge is -2.37. The van der Waals surface area contributed by atoms with Gasteiger partial charge in [-0.25, -0.2) is 28.2 Å². The maximum atomic E-state index is 14.9. The average Bonchev–Trinajstić information content (AvgIpc) is 3.39. The maximum absolute atomic E-state index is 14.9. The van der Waals surface area contributed by atoms with E-state index in [1.54, 1.807) is 33.8 Å². The van der Waals surface area contributed by atoms with Crippen molar-refractivity contribution in [1.82, 2.24) is 29.5 Å². The Morgan fingerprint density at radius 3 is 2.77 bits per heavy atom. The molecule has 1 atom stereocenters. The number of halogens is 2. The number of hydrogen-bond acceptors (Lipinski definition) is 8. The number of piperidine rings is 1. The van der Waals surface area contributed by atoms with Crippen LogP contribution in [0.5, 0.6) is 17.2 Å². The second-order valence-electron chi connectivity index (χ2n) is 9.53. The first-order valence-electron chi connectivity index (χ1n) is 12.7. The number of rotatable bonds is 7. The molecule has 0 amide bonds. The number of benzene rings is 2. The summed E-state index contributed by atoms with van der Waals surface area (Å²) in [5, 5.41) is 7.95. The number of nitrogens with one attached hydrogen (secondary N) is 1. The highest BCUT2D eigenvalue weighted by atomic mass is 19.3. The van der Waals surface area contributed by atoms with Gasteiger partial charge in [0, 0.05) is 30.9 Å². The number of alkyl halides is 2. The van der Waals surface area contributed by atoms with Gasteiger partial charge < -0.3 is 14.8 Å². The van der Waals surface area contributed by atoms with Crippen LogP contribution in [0.2, 0.25) is 0 Å². The Kier molecular flexibility index (Phi) is 6.43. The van der Waals surface area contributed by atoms with Crippen molar-refractivity contribution in [1.29, 1.82) is 0 Å². The second-order valence-corrected chi connectivity index (χ2v) is 9.53. The molecule has 9 nitrogen and oxygen atoms in total. The van der Waals surface area contributed by atoms with Crippen molar-refractivity contribution in [3.63, 3.8) is 0 Å². The van der Waals surface area contributed by atoms with Crippen LogP contribution >= 0.6 is 0 Å². The summed E-state index contributed by atoms with van der Waals surface area (Å²) in [6, 6.07) is 14.5. The number of nitrogens with zero attached hydrogens (tertiary/aromatic N) is 6. The van der Waals surface area contributed by atoms with E-state index in [0.29, 0.717) is 52.7 Å².